The van der Waals surface area contributed by atoms with Gasteiger partial charge in [-0.2, -0.15) is 0 Å². The number of thioether (sulfide) groups is 1. The van der Waals surface area contributed by atoms with Crippen LogP contribution < -0.4 is 19.7 Å². The summed E-state index contributed by atoms with van der Waals surface area (Å²) in [5, 5.41) is 3.54. The van der Waals surface area contributed by atoms with Gasteiger partial charge in [-0.25, -0.2) is 9.97 Å². The second-order valence-electron chi connectivity index (χ2n) is 9.56. The molecule has 1 aliphatic rings. The average molecular weight is 586 g/mol. The van der Waals surface area contributed by atoms with Crippen LogP contribution in [0.3, 0.4) is 0 Å². The molecule has 1 aliphatic heterocycles. The molecule has 0 unspecified atom stereocenters. The van der Waals surface area contributed by atoms with Crippen LogP contribution in [0.25, 0.3) is 0 Å². The summed E-state index contributed by atoms with van der Waals surface area (Å²) < 4.78 is 27.3. The van der Waals surface area contributed by atoms with E-state index in [1.54, 1.807) is 27.4 Å². The van der Waals surface area contributed by atoms with Gasteiger partial charge in [0.15, 0.2) is 22.4 Å². The molecule has 2 aromatic heterocycles. The first-order valence-electron chi connectivity index (χ1n) is 13.6. The molecule has 12 heteroatoms. The van der Waals surface area contributed by atoms with Gasteiger partial charge in [-0.3, -0.25) is 9.69 Å². The lowest BCUT2D eigenvalue weighted by Gasteiger charge is -2.26. The number of furan rings is 1. The Morgan fingerprint density at radius 3 is 2.63 bits per heavy atom. The maximum Gasteiger partial charge on any atom is 0.287 e. The zero-order valence-electron chi connectivity index (χ0n) is 24.2. The summed E-state index contributed by atoms with van der Waals surface area (Å²) in [4.78, 5) is 26.3. The van der Waals surface area contributed by atoms with Crippen molar-refractivity contribution in [2.75, 3.05) is 79.2 Å². The van der Waals surface area contributed by atoms with Crippen molar-refractivity contribution >= 4 is 23.5 Å². The van der Waals surface area contributed by atoms with Crippen LogP contribution in [0.2, 0.25) is 0 Å². The smallest absolute Gasteiger partial charge is 0.287 e. The number of hydrogen-bond acceptors (Lipinski definition) is 11. The molecule has 11 nitrogen and oxygen atoms in total. The van der Waals surface area contributed by atoms with Gasteiger partial charge in [0, 0.05) is 52.9 Å². The predicted octanol–water partition coefficient (Wildman–Crippen LogP) is 3.27. The van der Waals surface area contributed by atoms with Crippen LogP contribution >= 0.6 is 11.8 Å². The van der Waals surface area contributed by atoms with Crippen molar-refractivity contribution in [2.24, 2.45) is 0 Å². The molecule has 1 amide bonds. The predicted molar refractivity (Wildman–Crippen MR) is 157 cm³/mol. The molecule has 4 rings (SSSR count). The molecule has 3 heterocycles. The van der Waals surface area contributed by atoms with Gasteiger partial charge in [-0.05, 0) is 36.2 Å². The lowest BCUT2D eigenvalue weighted by molar-refractivity contribution is 0.0382. The topological polar surface area (TPSA) is 111 Å². The number of nitrogens with zero attached hydrogens (tertiary/aromatic N) is 4. The van der Waals surface area contributed by atoms with Crippen molar-refractivity contribution < 1.29 is 28.2 Å². The molecule has 41 heavy (non-hydrogen) atoms. The molecule has 0 aliphatic carbocycles. The minimum absolute atomic E-state index is 0.216. The molecule has 0 saturated carbocycles. The highest BCUT2D eigenvalue weighted by Gasteiger charge is 2.15. The van der Waals surface area contributed by atoms with Crippen LogP contribution in [0.1, 0.15) is 27.6 Å². The third-order valence-corrected chi connectivity index (χ3v) is 7.53. The molecular formula is C29H39N5O6S. The first-order chi connectivity index (χ1) is 20.0. The van der Waals surface area contributed by atoms with Crippen LogP contribution in [0.4, 0.5) is 5.82 Å². The fourth-order valence-corrected chi connectivity index (χ4v) is 5.11. The molecule has 1 N–H and O–H groups in total. The number of ether oxygens (including phenoxy) is 4. The number of rotatable bonds is 15. The highest BCUT2D eigenvalue weighted by molar-refractivity contribution is 7.98. The van der Waals surface area contributed by atoms with Crippen LogP contribution in [-0.4, -0.2) is 95.1 Å². The zero-order chi connectivity index (χ0) is 29.0. The van der Waals surface area contributed by atoms with E-state index >= 15 is 0 Å². The number of anilines is 1. The van der Waals surface area contributed by atoms with Gasteiger partial charge in [-0.1, -0.05) is 17.8 Å². The Morgan fingerprint density at radius 2 is 1.88 bits per heavy atom. The summed E-state index contributed by atoms with van der Waals surface area (Å²) in [5.41, 5.74) is 1.92. The summed E-state index contributed by atoms with van der Waals surface area (Å²) >= 11 is 1.45. The van der Waals surface area contributed by atoms with Crippen LogP contribution in [0.15, 0.2) is 46.0 Å². The quantitative estimate of drug-likeness (QED) is 0.210. The Kier molecular flexibility index (Phi) is 11.7. The Balaban J connectivity index is 1.32. The Hall–Kier alpha value is -3.32. The van der Waals surface area contributed by atoms with E-state index in [-0.39, 0.29) is 5.91 Å². The number of morpholine rings is 1. The number of aromatic nitrogens is 2. The third-order valence-electron chi connectivity index (χ3n) is 6.66. The Morgan fingerprint density at radius 1 is 1.07 bits per heavy atom. The fourth-order valence-electron chi connectivity index (χ4n) is 4.34. The SMILES string of the molecule is COCc1cc(N(C)CCc2ccc(OC)c(OC)c2)nc(SCc2ccc(C(=O)NCCN3CCOCC3)o2)n1. The number of carbonyl (C=O) groups excluding carboxylic acids is 1. The average Bonchev–Trinajstić information content (AvgIpc) is 3.48. The number of carbonyl (C=O) groups is 1. The largest absolute Gasteiger partial charge is 0.493 e. The van der Waals surface area contributed by atoms with Crippen LogP contribution in [0.5, 0.6) is 11.5 Å². The van der Waals surface area contributed by atoms with Crippen LogP contribution in [0, 0.1) is 0 Å². The van der Waals surface area contributed by atoms with Crippen molar-refractivity contribution in [3.8, 4) is 11.5 Å². The minimum Gasteiger partial charge on any atom is -0.493 e. The number of methoxy groups -OCH3 is 3. The van der Waals surface area contributed by atoms with Crippen molar-refractivity contribution in [1.82, 2.24) is 20.2 Å². The van der Waals surface area contributed by atoms with E-state index in [9.17, 15) is 4.79 Å². The number of nitrogens with one attached hydrogen (secondary N) is 1. The summed E-state index contributed by atoms with van der Waals surface area (Å²) in [6.07, 6.45) is 0.798. The fraction of sp³-hybridized carbons (Fsp3) is 0.483. The molecule has 222 valence electrons. The molecule has 3 aromatic rings. The molecule has 1 fully saturated rings. The highest BCUT2D eigenvalue weighted by Crippen LogP contribution is 2.28. The lowest BCUT2D eigenvalue weighted by atomic mass is 10.1. The third kappa shape index (κ3) is 9.09. The zero-order valence-corrected chi connectivity index (χ0v) is 25.0. The van der Waals surface area contributed by atoms with E-state index in [0.717, 1.165) is 62.9 Å². The van der Waals surface area contributed by atoms with Gasteiger partial charge in [0.05, 0.1) is 45.5 Å². The van der Waals surface area contributed by atoms with Gasteiger partial charge in [0.25, 0.3) is 5.91 Å². The molecule has 0 atom stereocenters. The van der Waals surface area contributed by atoms with Gasteiger partial charge in [0.2, 0.25) is 0 Å². The summed E-state index contributed by atoms with van der Waals surface area (Å²) in [6.45, 7) is 5.73. The monoisotopic (exact) mass is 585 g/mol. The molecule has 0 bridgehead atoms. The molecule has 0 radical (unpaired) electrons. The second-order valence-corrected chi connectivity index (χ2v) is 10.5. The molecule has 0 spiro atoms. The number of benzene rings is 1. The second kappa shape index (κ2) is 15.6. The summed E-state index contributed by atoms with van der Waals surface area (Å²) in [7, 11) is 6.91. The maximum atomic E-state index is 12.5. The first kappa shape index (κ1) is 30.6. The van der Waals surface area contributed by atoms with E-state index < -0.39 is 0 Å². The number of amides is 1. The van der Waals surface area contributed by atoms with Crippen LogP contribution in [-0.2, 0) is 28.3 Å². The summed E-state index contributed by atoms with van der Waals surface area (Å²) in [5.74, 6) is 3.47. The Bertz CT molecular complexity index is 1270. The molecule has 1 saturated heterocycles. The normalized spacial score (nSPS) is 13.7. The van der Waals surface area contributed by atoms with E-state index in [4.69, 9.17) is 28.3 Å². The van der Waals surface area contributed by atoms with Gasteiger partial charge in [-0.15, -0.1) is 0 Å². The minimum atomic E-state index is -0.216. The van der Waals surface area contributed by atoms with Crippen molar-refractivity contribution in [1.29, 1.82) is 0 Å². The van der Waals surface area contributed by atoms with Gasteiger partial charge in [0.1, 0.15) is 11.6 Å². The van der Waals surface area contributed by atoms with Crippen molar-refractivity contribution in [2.45, 2.75) is 23.9 Å². The first-order valence-corrected chi connectivity index (χ1v) is 14.6. The number of likely N-dealkylation sites (N-methyl/N-ethyl adjacent to an activating group) is 1. The van der Waals surface area contributed by atoms with Gasteiger partial charge >= 0.3 is 0 Å². The molecule has 1 aromatic carbocycles. The van der Waals surface area contributed by atoms with E-state index in [1.807, 2.05) is 37.4 Å². The highest BCUT2D eigenvalue weighted by atomic mass is 32.2. The summed E-state index contributed by atoms with van der Waals surface area (Å²) in [6, 6.07) is 11.4. The maximum absolute atomic E-state index is 12.5. The number of hydrogen-bond donors (Lipinski definition) is 1. The standard InChI is InChI=1S/C29H39N5O6S/c1-33(11-9-21-5-7-24(37-3)26(17-21)38-4)27-18-22(19-36-2)31-29(32-27)41-20-23-6-8-25(40-23)28(35)30-10-12-34-13-15-39-16-14-34/h5-8,17-18H,9-16,19-20H2,1-4H3,(H,30,35). The van der Waals surface area contributed by atoms with E-state index in [1.165, 1.54) is 11.8 Å². The van der Waals surface area contributed by atoms with Crippen molar-refractivity contribution in [3.63, 3.8) is 0 Å². The Labute approximate surface area is 245 Å². The van der Waals surface area contributed by atoms with E-state index in [2.05, 4.69) is 20.1 Å². The van der Waals surface area contributed by atoms with E-state index in [0.29, 0.717) is 47.1 Å². The van der Waals surface area contributed by atoms with Gasteiger partial charge < -0.3 is 33.6 Å². The molecular weight excluding hydrogens is 546 g/mol. The van der Waals surface area contributed by atoms with Crippen molar-refractivity contribution in [3.05, 3.63) is 59.2 Å². The lowest BCUT2D eigenvalue weighted by Crippen LogP contribution is -2.41.